The second-order valence-electron chi connectivity index (χ2n) is 3.54. The number of carbonyl (C=O) groups excluding carboxylic acids is 1. The summed E-state index contributed by atoms with van der Waals surface area (Å²) in [5, 5.41) is 11.6. The third kappa shape index (κ3) is 3.99. The second kappa shape index (κ2) is 7.19. The number of methoxy groups -OCH3 is 1. The zero-order chi connectivity index (χ0) is 13.4. The topological polar surface area (TPSA) is 91.1 Å². The molecule has 0 unspecified atom stereocenters. The van der Waals surface area contributed by atoms with Crippen LogP contribution in [0.4, 0.5) is 5.82 Å². The molecule has 0 aliphatic carbocycles. The van der Waals surface area contributed by atoms with Crippen LogP contribution < -0.4 is 10.2 Å². The molecular weight excluding hydrogens is 234 g/mol. The number of nitrogens with one attached hydrogen (secondary N) is 1. The van der Waals surface area contributed by atoms with Gasteiger partial charge in [-0.1, -0.05) is 0 Å². The van der Waals surface area contributed by atoms with Crippen molar-refractivity contribution >= 4 is 11.7 Å². The normalized spacial score (nSPS) is 9.61. The fourth-order valence-electron chi connectivity index (χ4n) is 1.33. The van der Waals surface area contributed by atoms with Crippen molar-refractivity contribution in [2.75, 3.05) is 38.8 Å². The third-order valence-electron chi connectivity index (χ3n) is 2.16. The molecule has 96 valence electrons. The van der Waals surface area contributed by atoms with Crippen LogP contribution in [-0.4, -0.2) is 49.7 Å². The van der Waals surface area contributed by atoms with Crippen LogP contribution in [0.1, 0.15) is 5.69 Å². The number of ether oxygens (including phenoxy) is 1. The Morgan fingerprint density at radius 2 is 2.28 bits per heavy atom. The summed E-state index contributed by atoms with van der Waals surface area (Å²) < 4.78 is 4.82. The van der Waals surface area contributed by atoms with E-state index in [-0.39, 0.29) is 18.1 Å². The summed E-state index contributed by atoms with van der Waals surface area (Å²) in [5.74, 6) is 0.228. The van der Waals surface area contributed by atoms with Crippen molar-refractivity contribution < 1.29 is 9.53 Å². The predicted molar refractivity (Wildman–Crippen MR) is 64.9 cm³/mol. The van der Waals surface area contributed by atoms with Gasteiger partial charge in [0.25, 0.3) is 0 Å². The Kier molecular flexibility index (Phi) is 5.54. The average molecular weight is 249 g/mol. The van der Waals surface area contributed by atoms with Gasteiger partial charge in [0, 0.05) is 33.1 Å². The van der Waals surface area contributed by atoms with E-state index in [1.165, 1.54) is 12.4 Å². The summed E-state index contributed by atoms with van der Waals surface area (Å²) in [5.41, 5.74) is 0.199. The van der Waals surface area contributed by atoms with Gasteiger partial charge >= 0.3 is 0 Å². The Hall–Kier alpha value is -2.20. The van der Waals surface area contributed by atoms with Gasteiger partial charge in [0.05, 0.1) is 13.2 Å². The Labute approximate surface area is 105 Å². The monoisotopic (exact) mass is 249 g/mol. The number of hydrogen-bond acceptors (Lipinski definition) is 6. The number of likely N-dealkylation sites (N-methyl/N-ethyl adjacent to an activating group) is 1. The molecule has 1 aromatic heterocycles. The molecule has 1 heterocycles. The third-order valence-corrected chi connectivity index (χ3v) is 2.16. The van der Waals surface area contributed by atoms with E-state index in [9.17, 15) is 4.79 Å². The summed E-state index contributed by atoms with van der Waals surface area (Å²) >= 11 is 0. The number of rotatable bonds is 6. The Balaban J connectivity index is 2.57. The van der Waals surface area contributed by atoms with Crippen molar-refractivity contribution in [1.29, 1.82) is 5.26 Å². The molecule has 1 rings (SSSR count). The molecule has 0 aromatic carbocycles. The van der Waals surface area contributed by atoms with Gasteiger partial charge in [-0.25, -0.2) is 9.97 Å². The first-order valence-electron chi connectivity index (χ1n) is 5.37. The molecule has 0 bridgehead atoms. The van der Waals surface area contributed by atoms with Gasteiger partial charge in [-0.15, -0.1) is 0 Å². The van der Waals surface area contributed by atoms with Gasteiger partial charge in [0.2, 0.25) is 5.91 Å². The van der Waals surface area contributed by atoms with Crippen LogP contribution in [0.15, 0.2) is 12.4 Å². The number of amides is 1. The molecule has 1 N–H and O–H groups in total. The van der Waals surface area contributed by atoms with Crippen molar-refractivity contribution in [3.05, 3.63) is 18.1 Å². The molecule has 0 fully saturated rings. The van der Waals surface area contributed by atoms with Crippen molar-refractivity contribution in [3.8, 4) is 6.07 Å². The van der Waals surface area contributed by atoms with Crippen LogP contribution in [0.5, 0.6) is 0 Å². The number of hydrogen-bond donors (Lipinski definition) is 1. The molecule has 0 atom stereocenters. The maximum atomic E-state index is 11.6. The number of nitriles is 1. The summed E-state index contributed by atoms with van der Waals surface area (Å²) in [4.78, 5) is 21.1. The van der Waals surface area contributed by atoms with E-state index < -0.39 is 0 Å². The molecule has 0 spiro atoms. The SMILES string of the molecule is COCCNC(=O)CN(C)c1nccnc1C#N. The van der Waals surface area contributed by atoms with Crippen LogP contribution in [0.25, 0.3) is 0 Å². The minimum Gasteiger partial charge on any atom is -0.383 e. The first-order valence-corrected chi connectivity index (χ1v) is 5.37. The summed E-state index contributed by atoms with van der Waals surface area (Å²) in [6, 6.07) is 1.94. The molecule has 0 aliphatic heterocycles. The molecular formula is C11H15N5O2. The van der Waals surface area contributed by atoms with E-state index in [1.807, 2.05) is 6.07 Å². The van der Waals surface area contributed by atoms with E-state index >= 15 is 0 Å². The Bertz CT molecular complexity index is 443. The predicted octanol–water partition coefficient (Wildman–Crippen LogP) is -0.453. The van der Waals surface area contributed by atoms with Gasteiger partial charge in [0.15, 0.2) is 11.5 Å². The lowest BCUT2D eigenvalue weighted by atomic mass is 10.4. The van der Waals surface area contributed by atoms with Crippen LogP contribution >= 0.6 is 0 Å². The zero-order valence-electron chi connectivity index (χ0n) is 10.4. The summed E-state index contributed by atoms with van der Waals surface area (Å²) in [7, 11) is 3.25. The van der Waals surface area contributed by atoms with E-state index in [2.05, 4.69) is 15.3 Å². The minimum absolute atomic E-state index is 0.108. The van der Waals surface area contributed by atoms with Gasteiger partial charge in [0.1, 0.15) is 6.07 Å². The first kappa shape index (κ1) is 13.9. The summed E-state index contributed by atoms with van der Waals surface area (Å²) in [6.07, 6.45) is 2.92. The standard InChI is InChI=1S/C11H15N5O2/c1-16(8-10(17)14-5-6-18-2)11-9(7-12)13-3-4-15-11/h3-4H,5-6,8H2,1-2H3,(H,14,17). The molecule has 0 saturated heterocycles. The Morgan fingerprint density at radius 1 is 1.56 bits per heavy atom. The van der Waals surface area contributed by atoms with Crippen molar-refractivity contribution in [2.24, 2.45) is 0 Å². The van der Waals surface area contributed by atoms with Crippen LogP contribution in [0.3, 0.4) is 0 Å². The van der Waals surface area contributed by atoms with Crippen molar-refractivity contribution in [3.63, 3.8) is 0 Å². The minimum atomic E-state index is -0.163. The smallest absolute Gasteiger partial charge is 0.239 e. The first-order chi connectivity index (χ1) is 8.69. The molecule has 1 aromatic rings. The molecule has 0 saturated carbocycles. The largest absolute Gasteiger partial charge is 0.383 e. The van der Waals surface area contributed by atoms with E-state index in [1.54, 1.807) is 19.1 Å². The highest BCUT2D eigenvalue weighted by Gasteiger charge is 2.12. The van der Waals surface area contributed by atoms with Crippen LogP contribution in [-0.2, 0) is 9.53 Å². The summed E-state index contributed by atoms with van der Waals surface area (Å²) in [6.45, 7) is 1.02. The number of nitrogens with zero attached hydrogens (tertiary/aromatic N) is 4. The second-order valence-corrected chi connectivity index (χ2v) is 3.54. The van der Waals surface area contributed by atoms with E-state index in [0.29, 0.717) is 19.0 Å². The lowest BCUT2D eigenvalue weighted by molar-refractivity contribution is -0.119. The van der Waals surface area contributed by atoms with Gasteiger partial charge in [-0.05, 0) is 0 Å². The maximum absolute atomic E-state index is 11.6. The lowest BCUT2D eigenvalue weighted by Crippen LogP contribution is -2.37. The zero-order valence-corrected chi connectivity index (χ0v) is 10.4. The van der Waals surface area contributed by atoms with E-state index in [4.69, 9.17) is 10.00 Å². The van der Waals surface area contributed by atoms with Gasteiger partial charge in [-0.2, -0.15) is 5.26 Å². The van der Waals surface area contributed by atoms with E-state index in [0.717, 1.165) is 0 Å². The molecule has 7 heteroatoms. The molecule has 0 aliphatic rings. The highest BCUT2D eigenvalue weighted by molar-refractivity contribution is 5.81. The maximum Gasteiger partial charge on any atom is 0.239 e. The lowest BCUT2D eigenvalue weighted by Gasteiger charge is -2.17. The molecule has 1 amide bonds. The highest BCUT2D eigenvalue weighted by atomic mass is 16.5. The van der Waals surface area contributed by atoms with Crippen LogP contribution in [0.2, 0.25) is 0 Å². The number of aromatic nitrogens is 2. The van der Waals surface area contributed by atoms with Crippen molar-refractivity contribution in [2.45, 2.75) is 0 Å². The highest BCUT2D eigenvalue weighted by Crippen LogP contribution is 2.10. The Morgan fingerprint density at radius 3 is 2.94 bits per heavy atom. The van der Waals surface area contributed by atoms with Gasteiger partial charge < -0.3 is 15.0 Å². The average Bonchev–Trinajstić information content (AvgIpc) is 2.39. The van der Waals surface area contributed by atoms with Gasteiger partial charge in [-0.3, -0.25) is 4.79 Å². The van der Waals surface area contributed by atoms with Crippen molar-refractivity contribution in [1.82, 2.24) is 15.3 Å². The fourth-order valence-corrected chi connectivity index (χ4v) is 1.33. The van der Waals surface area contributed by atoms with Crippen LogP contribution in [0, 0.1) is 11.3 Å². The quantitative estimate of drug-likeness (QED) is 0.686. The number of carbonyl (C=O) groups is 1. The molecule has 18 heavy (non-hydrogen) atoms. The molecule has 7 nitrogen and oxygen atoms in total. The fraction of sp³-hybridized carbons (Fsp3) is 0.455. The molecule has 0 radical (unpaired) electrons. The number of anilines is 1.